The number of pyridine rings is 2. The molecular weight excluding hydrogens is 470 g/mol. The van der Waals surface area contributed by atoms with Crippen LogP contribution in [-0.4, -0.2) is 43.1 Å². The molecule has 0 saturated carbocycles. The summed E-state index contributed by atoms with van der Waals surface area (Å²) in [5, 5.41) is 18.1. The highest BCUT2D eigenvalue weighted by Crippen LogP contribution is 2.32. The smallest absolute Gasteiger partial charge is 0.179 e. The molecule has 0 amide bonds. The highest BCUT2D eigenvalue weighted by molar-refractivity contribution is 5.81. The van der Waals surface area contributed by atoms with Crippen LogP contribution in [-0.2, 0) is 6.54 Å². The normalized spacial score (nSPS) is 14.3. The summed E-state index contributed by atoms with van der Waals surface area (Å²) >= 11 is 0. The van der Waals surface area contributed by atoms with Crippen molar-refractivity contribution in [2.45, 2.75) is 25.3 Å². The third-order valence-corrected chi connectivity index (χ3v) is 7.12. The molecule has 0 unspecified atom stereocenters. The molecule has 1 aliphatic rings. The minimum absolute atomic E-state index is 0.387. The lowest BCUT2D eigenvalue weighted by molar-refractivity contribution is 0.202. The second-order valence-electron chi connectivity index (χ2n) is 9.62. The standard InChI is InChI=1S/C31H27N7/c32-19-23-18-27(24-6-2-1-3-7-24)29(34-20-23)25-11-9-22(10-12-25)21-38-16-13-26(14-17-38)30-35-31(37-36-30)28-8-4-5-15-33-28/h1-12,15,18,20,26H,13-14,16-17,21H2,(H,35,36,37). The van der Waals surface area contributed by atoms with Gasteiger partial charge in [-0.25, -0.2) is 0 Å². The summed E-state index contributed by atoms with van der Waals surface area (Å²) in [6, 6.07) is 28.7. The zero-order valence-electron chi connectivity index (χ0n) is 21.0. The topological polar surface area (TPSA) is 94.4 Å². The van der Waals surface area contributed by atoms with Gasteiger partial charge in [-0.3, -0.25) is 14.9 Å². The van der Waals surface area contributed by atoms with Gasteiger partial charge in [0.05, 0.1) is 11.3 Å². The van der Waals surface area contributed by atoms with E-state index < -0.39 is 0 Å². The number of likely N-dealkylation sites (tertiary alicyclic amines) is 1. The number of hydrogen-bond donors (Lipinski definition) is 1. The zero-order chi connectivity index (χ0) is 25.7. The van der Waals surface area contributed by atoms with E-state index in [1.165, 1.54) is 5.56 Å². The Labute approximate surface area is 221 Å². The van der Waals surface area contributed by atoms with Crippen LogP contribution in [0.1, 0.15) is 35.7 Å². The number of nitriles is 1. The maximum atomic E-state index is 9.39. The first kappa shape index (κ1) is 23.7. The third-order valence-electron chi connectivity index (χ3n) is 7.12. The molecule has 1 saturated heterocycles. The molecule has 38 heavy (non-hydrogen) atoms. The van der Waals surface area contributed by atoms with Crippen molar-refractivity contribution >= 4 is 0 Å². The number of rotatable bonds is 6. The van der Waals surface area contributed by atoms with Gasteiger partial charge in [0.15, 0.2) is 5.82 Å². The summed E-state index contributed by atoms with van der Waals surface area (Å²) < 4.78 is 0. The number of nitrogens with one attached hydrogen (secondary N) is 1. The first-order chi connectivity index (χ1) is 18.8. The predicted molar refractivity (Wildman–Crippen MR) is 147 cm³/mol. The van der Waals surface area contributed by atoms with Gasteiger partial charge >= 0.3 is 0 Å². The van der Waals surface area contributed by atoms with E-state index in [0.29, 0.717) is 11.5 Å². The van der Waals surface area contributed by atoms with Crippen molar-refractivity contribution < 1.29 is 0 Å². The molecule has 0 radical (unpaired) electrons. The molecule has 1 aliphatic heterocycles. The van der Waals surface area contributed by atoms with E-state index in [1.807, 2.05) is 42.5 Å². The number of nitrogens with zero attached hydrogens (tertiary/aromatic N) is 6. The number of benzene rings is 2. The van der Waals surface area contributed by atoms with Crippen molar-refractivity contribution in [3.8, 4) is 40.0 Å². The Balaban J connectivity index is 1.11. The zero-order valence-corrected chi connectivity index (χ0v) is 21.0. The molecule has 5 aromatic rings. The fraction of sp³-hybridized carbons (Fsp3) is 0.194. The minimum Gasteiger partial charge on any atom is -0.323 e. The molecule has 186 valence electrons. The number of aromatic nitrogens is 5. The van der Waals surface area contributed by atoms with Crippen LogP contribution in [0.15, 0.2) is 91.3 Å². The first-order valence-corrected chi connectivity index (χ1v) is 12.9. The van der Waals surface area contributed by atoms with Crippen molar-refractivity contribution in [1.29, 1.82) is 5.26 Å². The molecule has 0 spiro atoms. The highest BCUT2D eigenvalue weighted by atomic mass is 15.2. The van der Waals surface area contributed by atoms with Gasteiger partial charge in [-0.15, -0.1) is 10.2 Å². The van der Waals surface area contributed by atoms with Crippen molar-refractivity contribution in [3.05, 3.63) is 108 Å². The second-order valence-corrected chi connectivity index (χ2v) is 9.62. The van der Waals surface area contributed by atoms with Crippen LogP contribution in [0, 0.1) is 11.3 Å². The lowest BCUT2D eigenvalue weighted by Gasteiger charge is -2.30. The maximum Gasteiger partial charge on any atom is 0.179 e. The summed E-state index contributed by atoms with van der Waals surface area (Å²) in [7, 11) is 0. The number of hydrogen-bond acceptors (Lipinski definition) is 6. The number of H-pyrrole nitrogens is 1. The molecule has 1 N–H and O–H groups in total. The SMILES string of the molecule is N#Cc1cnc(-c2ccc(CN3CCC(c4nnc(-c5ccccn5)[nH]4)CC3)cc2)c(-c2ccccc2)c1. The maximum absolute atomic E-state index is 9.39. The van der Waals surface area contributed by atoms with E-state index in [2.05, 4.69) is 72.5 Å². The average Bonchev–Trinajstić information content (AvgIpc) is 3.49. The number of piperidine rings is 1. The van der Waals surface area contributed by atoms with E-state index in [0.717, 1.165) is 72.2 Å². The Kier molecular flexibility index (Phi) is 6.71. The summed E-state index contributed by atoms with van der Waals surface area (Å²) in [5.74, 6) is 2.08. The molecule has 0 aliphatic carbocycles. The summed E-state index contributed by atoms with van der Waals surface area (Å²) in [6.45, 7) is 2.94. The van der Waals surface area contributed by atoms with Crippen LogP contribution in [0.3, 0.4) is 0 Å². The van der Waals surface area contributed by atoms with Gasteiger partial charge in [0.25, 0.3) is 0 Å². The van der Waals surface area contributed by atoms with E-state index in [4.69, 9.17) is 0 Å². The monoisotopic (exact) mass is 497 g/mol. The van der Waals surface area contributed by atoms with Gasteiger partial charge in [-0.2, -0.15) is 5.26 Å². The summed E-state index contributed by atoms with van der Waals surface area (Å²) in [4.78, 5) is 14.9. The minimum atomic E-state index is 0.387. The fourth-order valence-electron chi connectivity index (χ4n) is 5.06. The molecule has 0 bridgehead atoms. The van der Waals surface area contributed by atoms with Crippen LogP contribution in [0.2, 0.25) is 0 Å². The molecule has 6 rings (SSSR count). The van der Waals surface area contributed by atoms with Crippen LogP contribution in [0.5, 0.6) is 0 Å². The van der Waals surface area contributed by atoms with Crippen LogP contribution >= 0.6 is 0 Å². The molecule has 3 aromatic heterocycles. The first-order valence-electron chi connectivity index (χ1n) is 12.9. The lowest BCUT2D eigenvalue weighted by atomic mass is 9.95. The van der Waals surface area contributed by atoms with Crippen LogP contribution in [0.25, 0.3) is 33.9 Å². The third kappa shape index (κ3) is 5.08. The lowest BCUT2D eigenvalue weighted by Crippen LogP contribution is -2.32. The van der Waals surface area contributed by atoms with Gasteiger partial charge in [0.2, 0.25) is 0 Å². The molecule has 7 heteroatoms. The van der Waals surface area contributed by atoms with Crippen molar-refractivity contribution in [2.75, 3.05) is 13.1 Å². The van der Waals surface area contributed by atoms with Gasteiger partial charge < -0.3 is 4.98 Å². The Morgan fingerprint density at radius 2 is 1.66 bits per heavy atom. The number of aromatic amines is 1. The van der Waals surface area contributed by atoms with Crippen LogP contribution < -0.4 is 0 Å². The summed E-state index contributed by atoms with van der Waals surface area (Å²) in [5.41, 5.74) is 6.62. The Morgan fingerprint density at radius 1 is 0.868 bits per heavy atom. The van der Waals surface area contributed by atoms with Gasteiger partial charge in [0, 0.05) is 36.0 Å². The second kappa shape index (κ2) is 10.8. The quantitative estimate of drug-likeness (QED) is 0.316. The Morgan fingerprint density at radius 3 is 2.39 bits per heavy atom. The van der Waals surface area contributed by atoms with Crippen molar-refractivity contribution in [2.24, 2.45) is 0 Å². The van der Waals surface area contributed by atoms with Crippen molar-refractivity contribution in [3.63, 3.8) is 0 Å². The summed E-state index contributed by atoms with van der Waals surface area (Å²) in [6.07, 6.45) is 5.51. The van der Waals surface area contributed by atoms with Crippen molar-refractivity contribution in [1.82, 2.24) is 30.0 Å². The van der Waals surface area contributed by atoms with Crippen LogP contribution in [0.4, 0.5) is 0 Å². The molecule has 7 nitrogen and oxygen atoms in total. The van der Waals surface area contributed by atoms with E-state index in [-0.39, 0.29) is 0 Å². The van der Waals surface area contributed by atoms with Gasteiger partial charge in [-0.1, -0.05) is 60.7 Å². The molecule has 2 aromatic carbocycles. The Bertz CT molecular complexity index is 1550. The fourth-order valence-corrected chi connectivity index (χ4v) is 5.06. The largest absolute Gasteiger partial charge is 0.323 e. The molecule has 4 heterocycles. The van der Waals surface area contributed by atoms with E-state index in [1.54, 1.807) is 12.4 Å². The molecule has 0 atom stereocenters. The molecule has 1 fully saturated rings. The molecular formula is C31H27N7. The van der Waals surface area contributed by atoms with Gasteiger partial charge in [-0.05, 0) is 55.3 Å². The van der Waals surface area contributed by atoms with E-state index in [9.17, 15) is 5.26 Å². The van der Waals surface area contributed by atoms with E-state index >= 15 is 0 Å². The predicted octanol–water partition coefficient (Wildman–Crippen LogP) is 5.85. The highest BCUT2D eigenvalue weighted by Gasteiger charge is 2.24. The average molecular weight is 498 g/mol. The van der Waals surface area contributed by atoms with Gasteiger partial charge in [0.1, 0.15) is 17.6 Å². The Hall–Kier alpha value is -4.67.